The van der Waals surface area contributed by atoms with E-state index in [0.29, 0.717) is 29.4 Å². The number of amides is 1. The summed E-state index contributed by atoms with van der Waals surface area (Å²) in [4.78, 5) is 12.2. The summed E-state index contributed by atoms with van der Waals surface area (Å²) < 4.78 is 11.4. The fourth-order valence-electron chi connectivity index (χ4n) is 2.28. The van der Waals surface area contributed by atoms with Gasteiger partial charge in [-0.25, -0.2) is 0 Å². The van der Waals surface area contributed by atoms with Crippen LogP contribution in [0.2, 0.25) is 5.02 Å². The summed E-state index contributed by atoms with van der Waals surface area (Å²) in [5, 5.41) is 3.49. The van der Waals surface area contributed by atoms with Gasteiger partial charge in [-0.1, -0.05) is 33.6 Å². The molecular formula is C18H19BrClNO3. The average molecular weight is 413 g/mol. The van der Waals surface area contributed by atoms with E-state index >= 15 is 0 Å². The Labute approximate surface area is 155 Å². The molecule has 24 heavy (non-hydrogen) atoms. The minimum absolute atomic E-state index is 0.0675. The van der Waals surface area contributed by atoms with Gasteiger partial charge in [-0.3, -0.25) is 4.79 Å². The van der Waals surface area contributed by atoms with Crippen molar-refractivity contribution in [3.63, 3.8) is 0 Å². The maximum Gasteiger partial charge on any atom is 0.224 e. The lowest BCUT2D eigenvalue weighted by Gasteiger charge is -2.12. The first-order valence-corrected chi connectivity index (χ1v) is 8.58. The highest BCUT2D eigenvalue weighted by Crippen LogP contribution is 2.33. The maximum absolute atomic E-state index is 12.2. The van der Waals surface area contributed by atoms with Crippen molar-refractivity contribution in [3.05, 3.63) is 51.0 Å². The standard InChI is InChI=1S/C18H19BrClNO3/c1-11-4-6-13(20)9-15(11)21-18(22)7-5-12-8-16(23-2)17(24-3)10-14(12)19/h4,6,8-10H,5,7H2,1-3H3,(H,21,22). The fourth-order valence-corrected chi connectivity index (χ4v) is 2.97. The Morgan fingerprint density at radius 3 is 2.50 bits per heavy atom. The van der Waals surface area contributed by atoms with E-state index in [1.54, 1.807) is 26.4 Å². The molecule has 4 nitrogen and oxygen atoms in total. The second-order valence-electron chi connectivity index (χ2n) is 5.31. The molecule has 0 unspecified atom stereocenters. The molecule has 0 radical (unpaired) electrons. The molecule has 0 aliphatic carbocycles. The normalized spacial score (nSPS) is 10.4. The average Bonchev–Trinajstić information content (AvgIpc) is 2.56. The maximum atomic E-state index is 12.2. The second-order valence-corrected chi connectivity index (χ2v) is 6.60. The van der Waals surface area contributed by atoms with Crippen molar-refractivity contribution in [2.24, 2.45) is 0 Å². The number of anilines is 1. The summed E-state index contributed by atoms with van der Waals surface area (Å²) in [5.74, 6) is 1.22. The van der Waals surface area contributed by atoms with Crippen molar-refractivity contribution < 1.29 is 14.3 Å². The Bertz CT molecular complexity index is 749. The lowest BCUT2D eigenvalue weighted by Crippen LogP contribution is -2.13. The number of nitrogens with one attached hydrogen (secondary N) is 1. The molecule has 1 N–H and O–H groups in total. The van der Waals surface area contributed by atoms with Gasteiger partial charge in [-0.2, -0.15) is 0 Å². The lowest BCUT2D eigenvalue weighted by atomic mass is 10.1. The molecule has 0 aliphatic rings. The zero-order chi connectivity index (χ0) is 17.7. The third-order valence-electron chi connectivity index (χ3n) is 3.65. The smallest absolute Gasteiger partial charge is 0.224 e. The molecule has 6 heteroatoms. The van der Waals surface area contributed by atoms with Crippen LogP contribution >= 0.6 is 27.5 Å². The minimum atomic E-state index is -0.0675. The van der Waals surface area contributed by atoms with Crippen LogP contribution in [0.3, 0.4) is 0 Å². The number of rotatable bonds is 6. The Morgan fingerprint density at radius 2 is 1.83 bits per heavy atom. The SMILES string of the molecule is COc1cc(Br)c(CCC(=O)Nc2cc(Cl)ccc2C)cc1OC. The van der Waals surface area contributed by atoms with E-state index in [1.165, 1.54) is 0 Å². The molecule has 0 heterocycles. The van der Waals surface area contributed by atoms with Gasteiger partial charge < -0.3 is 14.8 Å². The highest BCUT2D eigenvalue weighted by Gasteiger charge is 2.12. The third-order valence-corrected chi connectivity index (χ3v) is 4.62. The summed E-state index contributed by atoms with van der Waals surface area (Å²) >= 11 is 9.48. The van der Waals surface area contributed by atoms with Crippen LogP contribution in [0, 0.1) is 6.92 Å². The van der Waals surface area contributed by atoms with Crippen molar-refractivity contribution in [1.29, 1.82) is 0 Å². The number of aryl methyl sites for hydroxylation is 2. The van der Waals surface area contributed by atoms with E-state index < -0.39 is 0 Å². The number of hydrogen-bond donors (Lipinski definition) is 1. The van der Waals surface area contributed by atoms with Crippen LogP contribution < -0.4 is 14.8 Å². The predicted octanol–water partition coefficient (Wildman–Crippen LogP) is 5.00. The van der Waals surface area contributed by atoms with Gasteiger partial charge in [0.15, 0.2) is 11.5 Å². The molecule has 0 saturated heterocycles. The van der Waals surface area contributed by atoms with Crippen LogP contribution in [-0.4, -0.2) is 20.1 Å². The van der Waals surface area contributed by atoms with E-state index in [2.05, 4.69) is 21.2 Å². The summed E-state index contributed by atoms with van der Waals surface area (Å²) in [7, 11) is 3.18. The Morgan fingerprint density at radius 1 is 1.17 bits per heavy atom. The highest BCUT2D eigenvalue weighted by molar-refractivity contribution is 9.10. The van der Waals surface area contributed by atoms with Gasteiger partial charge >= 0.3 is 0 Å². The van der Waals surface area contributed by atoms with E-state index in [4.69, 9.17) is 21.1 Å². The molecule has 128 valence electrons. The van der Waals surface area contributed by atoms with E-state index in [0.717, 1.165) is 21.3 Å². The summed E-state index contributed by atoms with van der Waals surface area (Å²) in [5.41, 5.74) is 2.68. The quantitative estimate of drug-likeness (QED) is 0.726. The Hall–Kier alpha value is -1.72. The first-order chi connectivity index (χ1) is 11.4. The van der Waals surface area contributed by atoms with Crippen LogP contribution in [0.15, 0.2) is 34.8 Å². The largest absolute Gasteiger partial charge is 0.493 e. The van der Waals surface area contributed by atoms with E-state index in [-0.39, 0.29) is 5.91 Å². The number of carbonyl (C=O) groups is 1. The molecule has 2 aromatic carbocycles. The molecule has 0 aromatic heterocycles. The van der Waals surface area contributed by atoms with Crippen molar-refractivity contribution in [2.45, 2.75) is 19.8 Å². The Kier molecular flexibility index (Phi) is 6.52. The number of ether oxygens (including phenoxy) is 2. The molecule has 2 rings (SSSR count). The van der Waals surface area contributed by atoms with Gasteiger partial charge in [0.1, 0.15) is 0 Å². The molecule has 2 aromatic rings. The van der Waals surface area contributed by atoms with Crippen LogP contribution in [0.1, 0.15) is 17.5 Å². The molecule has 1 amide bonds. The van der Waals surface area contributed by atoms with Gasteiger partial charge in [0, 0.05) is 21.6 Å². The van der Waals surface area contributed by atoms with Gasteiger partial charge in [0.25, 0.3) is 0 Å². The van der Waals surface area contributed by atoms with Crippen molar-refractivity contribution in [2.75, 3.05) is 19.5 Å². The minimum Gasteiger partial charge on any atom is -0.493 e. The van der Waals surface area contributed by atoms with E-state index in [9.17, 15) is 4.79 Å². The number of carbonyl (C=O) groups excluding carboxylic acids is 1. The van der Waals surface area contributed by atoms with Crippen LogP contribution in [0.5, 0.6) is 11.5 Å². The van der Waals surface area contributed by atoms with Crippen molar-refractivity contribution in [1.82, 2.24) is 0 Å². The van der Waals surface area contributed by atoms with Crippen LogP contribution in [0.25, 0.3) is 0 Å². The van der Waals surface area contributed by atoms with Gasteiger partial charge in [-0.15, -0.1) is 0 Å². The Balaban J connectivity index is 2.05. The summed E-state index contributed by atoms with van der Waals surface area (Å²) in [6.45, 7) is 1.93. The van der Waals surface area contributed by atoms with Gasteiger partial charge in [0.05, 0.1) is 14.2 Å². The molecule has 0 bridgehead atoms. The molecular weight excluding hydrogens is 394 g/mol. The van der Waals surface area contributed by atoms with Crippen LogP contribution in [0.4, 0.5) is 5.69 Å². The molecule has 0 spiro atoms. The van der Waals surface area contributed by atoms with Crippen molar-refractivity contribution in [3.8, 4) is 11.5 Å². The van der Waals surface area contributed by atoms with Gasteiger partial charge in [-0.05, 0) is 48.7 Å². The molecule has 0 fully saturated rings. The van der Waals surface area contributed by atoms with Gasteiger partial charge in [0.2, 0.25) is 5.91 Å². The molecule has 0 aliphatic heterocycles. The first kappa shape index (κ1) is 18.6. The fraction of sp³-hybridized carbons (Fsp3) is 0.278. The monoisotopic (exact) mass is 411 g/mol. The number of halogens is 2. The molecule has 0 atom stereocenters. The van der Waals surface area contributed by atoms with E-state index in [1.807, 2.05) is 25.1 Å². The number of hydrogen-bond acceptors (Lipinski definition) is 3. The zero-order valence-corrected chi connectivity index (χ0v) is 16.1. The summed E-state index contributed by atoms with van der Waals surface area (Å²) in [6.07, 6.45) is 0.923. The second kappa shape index (κ2) is 8.40. The van der Waals surface area contributed by atoms with Crippen molar-refractivity contribution >= 4 is 39.1 Å². The summed E-state index contributed by atoms with van der Waals surface area (Å²) in [6, 6.07) is 9.14. The zero-order valence-electron chi connectivity index (χ0n) is 13.8. The predicted molar refractivity (Wildman–Crippen MR) is 100 cm³/mol. The van der Waals surface area contributed by atoms with Crippen LogP contribution in [-0.2, 0) is 11.2 Å². The number of benzene rings is 2. The highest BCUT2D eigenvalue weighted by atomic mass is 79.9. The number of methoxy groups -OCH3 is 2. The molecule has 0 saturated carbocycles. The third kappa shape index (κ3) is 4.65. The first-order valence-electron chi connectivity index (χ1n) is 7.41. The lowest BCUT2D eigenvalue weighted by molar-refractivity contribution is -0.116. The topological polar surface area (TPSA) is 47.6 Å².